The van der Waals surface area contributed by atoms with Crippen molar-refractivity contribution in [1.82, 2.24) is 14.0 Å². The third kappa shape index (κ3) is 2.87. The van der Waals surface area contributed by atoms with Crippen molar-refractivity contribution in [2.45, 2.75) is 25.4 Å². The molecule has 0 aliphatic heterocycles. The van der Waals surface area contributed by atoms with Crippen molar-refractivity contribution in [3.63, 3.8) is 0 Å². The van der Waals surface area contributed by atoms with E-state index in [4.69, 9.17) is 0 Å². The molecule has 2 aromatic rings. The Kier molecular flexibility index (Phi) is 4.53. The normalized spacial score (nSPS) is 16.4. The molecule has 1 aliphatic carbocycles. The molecule has 0 N–H and O–H groups in total. The van der Waals surface area contributed by atoms with Crippen LogP contribution in [-0.4, -0.2) is 20.6 Å². The first-order valence-corrected chi connectivity index (χ1v) is 8.21. The van der Waals surface area contributed by atoms with Gasteiger partial charge in [-0.15, -0.1) is 6.58 Å². The lowest BCUT2D eigenvalue weighted by Gasteiger charge is -2.29. The minimum absolute atomic E-state index is 0.265. The van der Waals surface area contributed by atoms with Gasteiger partial charge in [0.1, 0.15) is 0 Å². The third-order valence-electron chi connectivity index (χ3n) is 4.90. The molecule has 0 amide bonds. The molecule has 1 aromatic heterocycles. The Morgan fingerprint density at radius 3 is 2.75 bits per heavy atom. The molecule has 0 radical (unpaired) electrons. The Morgan fingerprint density at radius 2 is 2.00 bits per heavy atom. The number of aryl methyl sites for hydroxylation is 1. The van der Waals surface area contributed by atoms with Gasteiger partial charge in [0.15, 0.2) is 0 Å². The van der Waals surface area contributed by atoms with Gasteiger partial charge in [0.05, 0.1) is 0 Å². The van der Waals surface area contributed by atoms with Crippen LogP contribution in [0.2, 0.25) is 0 Å². The standard InChI is InChI=1S/C19H23N3O2/c1-4-11-22(17-10-9-14-7-5-6-8-16(14)17)13-15-12-18(23)21(3)19(24)20(15)2/h4-8,12,17H,1,9-11,13H2,2-3H3/t17-/m0/s1. The van der Waals surface area contributed by atoms with Gasteiger partial charge < -0.3 is 0 Å². The number of benzene rings is 1. The van der Waals surface area contributed by atoms with Crippen molar-refractivity contribution >= 4 is 0 Å². The lowest BCUT2D eigenvalue weighted by atomic mass is 10.1. The van der Waals surface area contributed by atoms with Crippen LogP contribution in [-0.2, 0) is 27.1 Å². The van der Waals surface area contributed by atoms with Crippen LogP contribution >= 0.6 is 0 Å². The van der Waals surface area contributed by atoms with E-state index in [9.17, 15) is 9.59 Å². The third-order valence-corrected chi connectivity index (χ3v) is 4.90. The van der Waals surface area contributed by atoms with Gasteiger partial charge in [0.25, 0.3) is 5.56 Å². The highest BCUT2D eigenvalue weighted by molar-refractivity contribution is 5.34. The minimum atomic E-state index is -0.289. The van der Waals surface area contributed by atoms with E-state index in [2.05, 4.69) is 35.7 Å². The molecule has 0 bridgehead atoms. The Balaban J connectivity index is 1.96. The van der Waals surface area contributed by atoms with Gasteiger partial charge in [-0.05, 0) is 24.0 Å². The van der Waals surface area contributed by atoms with E-state index in [1.807, 2.05) is 6.08 Å². The fourth-order valence-electron chi connectivity index (χ4n) is 3.52. The second-order valence-electron chi connectivity index (χ2n) is 6.35. The topological polar surface area (TPSA) is 47.2 Å². The smallest absolute Gasteiger partial charge is 0.299 e. The van der Waals surface area contributed by atoms with Gasteiger partial charge in [-0.25, -0.2) is 4.79 Å². The van der Waals surface area contributed by atoms with E-state index < -0.39 is 0 Å². The number of fused-ring (bicyclic) bond motifs is 1. The van der Waals surface area contributed by atoms with E-state index in [0.29, 0.717) is 19.1 Å². The van der Waals surface area contributed by atoms with E-state index in [1.165, 1.54) is 18.2 Å². The second kappa shape index (κ2) is 6.61. The SMILES string of the molecule is C=CCN(Cc1cc(=O)n(C)c(=O)n1C)[C@H]1CCc2ccccc21. The zero-order chi connectivity index (χ0) is 17.3. The molecule has 0 unspecified atom stereocenters. The maximum atomic E-state index is 12.2. The van der Waals surface area contributed by atoms with Gasteiger partial charge in [-0.1, -0.05) is 30.3 Å². The fraction of sp³-hybridized carbons (Fsp3) is 0.368. The summed E-state index contributed by atoms with van der Waals surface area (Å²) < 4.78 is 2.69. The first kappa shape index (κ1) is 16.5. The molecule has 0 saturated carbocycles. The van der Waals surface area contributed by atoms with Crippen LogP contribution in [0.1, 0.15) is 29.3 Å². The Morgan fingerprint density at radius 1 is 1.25 bits per heavy atom. The molecular weight excluding hydrogens is 302 g/mol. The van der Waals surface area contributed by atoms with E-state index in [1.54, 1.807) is 17.7 Å². The summed E-state index contributed by atoms with van der Waals surface area (Å²) >= 11 is 0. The van der Waals surface area contributed by atoms with Gasteiger partial charge in [0, 0.05) is 45.0 Å². The molecule has 1 atom stereocenters. The summed E-state index contributed by atoms with van der Waals surface area (Å²) in [6.07, 6.45) is 3.98. The molecule has 3 rings (SSSR count). The van der Waals surface area contributed by atoms with Crippen LogP contribution in [0.5, 0.6) is 0 Å². The average Bonchev–Trinajstić information content (AvgIpc) is 3.01. The monoisotopic (exact) mass is 325 g/mol. The molecule has 0 fully saturated rings. The largest absolute Gasteiger partial charge is 0.330 e. The van der Waals surface area contributed by atoms with Gasteiger partial charge in [-0.3, -0.25) is 18.8 Å². The summed E-state index contributed by atoms with van der Waals surface area (Å²) in [4.78, 5) is 26.4. The molecule has 1 aromatic carbocycles. The van der Waals surface area contributed by atoms with Crippen LogP contribution in [0.4, 0.5) is 0 Å². The number of nitrogens with zero attached hydrogens (tertiary/aromatic N) is 3. The first-order chi connectivity index (χ1) is 11.5. The minimum Gasteiger partial charge on any atom is -0.299 e. The Labute approximate surface area is 141 Å². The van der Waals surface area contributed by atoms with Crippen molar-refractivity contribution in [2.24, 2.45) is 14.1 Å². The Bertz CT molecular complexity index is 879. The summed E-state index contributed by atoms with van der Waals surface area (Å²) in [5.74, 6) is 0. The molecule has 0 spiro atoms. The molecule has 1 heterocycles. The van der Waals surface area contributed by atoms with Crippen LogP contribution in [0.3, 0.4) is 0 Å². The van der Waals surface area contributed by atoms with Crippen LogP contribution in [0.15, 0.2) is 52.6 Å². The maximum absolute atomic E-state index is 12.2. The summed E-state index contributed by atoms with van der Waals surface area (Å²) in [6, 6.07) is 10.3. The molecule has 5 heteroatoms. The zero-order valence-electron chi connectivity index (χ0n) is 14.2. The predicted octanol–water partition coefficient (Wildman–Crippen LogP) is 1.76. The average molecular weight is 325 g/mol. The van der Waals surface area contributed by atoms with Crippen molar-refractivity contribution in [3.8, 4) is 0 Å². The highest BCUT2D eigenvalue weighted by Crippen LogP contribution is 2.36. The summed E-state index contributed by atoms with van der Waals surface area (Å²) in [5.41, 5.74) is 2.90. The molecule has 24 heavy (non-hydrogen) atoms. The molecule has 1 aliphatic rings. The van der Waals surface area contributed by atoms with Crippen molar-refractivity contribution < 1.29 is 0 Å². The number of rotatable bonds is 5. The Hall–Kier alpha value is -2.40. The maximum Gasteiger partial charge on any atom is 0.330 e. The predicted molar refractivity (Wildman–Crippen MR) is 95.0 cm³/mol. The molecular formula is C19H23N3O2. The number of hydrogen-bond acceptors (Lipinski definition) is 3. The van der Waals surface area contributed by atoms with Gasteiger partial charge >= 0.3 is 5.69 Å². The number of hydrogen-bond donors (Lipinski definition) is 0. The van der Waals surface area contributed by atoms with E-state index in [0.717, 1.165) is 23.1 Å². The van der Waals surface area contributed by atoms with Gasteiger partial charge in [0.2, 0.25) is 0 Å². The van der Waals surface area contributed by atoms with Crippen LogP contribution in [0.25, 0.3) is 0 Å². The summed E-state index contributed by atoms with van der Waals surface area (Å²) in [6.45, 7) is 5.12. The summed E-state index contributed by atoms with van der Waals surface area (Å²) in [5, 5.41) is 0. The first-order valence-electron chi connectivity index (χ1n) is 8.21. The highest BCUT2D eigenvalue weighted by Gasteiger charge is 2.27. The van der Waals surface area contributed by atoms with E-state index in [-0.39, 0.29) is 11.2 Å². The molecule has 126 valence electrons. The van der Waals surface area contributed by atoms with Crippen molar-refractivity contribution in [2.75, 3.05) is 6.54 Å². The van der Waals surface area contributed by atoms with Crippen LogP contribution < -0.4 is 11.2 Å². The summed E-state index contributed by atoms with van der Waals surface area (Å²) in [7, 11) is 3.22. The fourth-order valence-corrected chi connectivity index (χ4v) is 3.52. The number of aromatic nitrogens is 2. The zero-order valence-corrected chi connectivity index (χ0v) is 14.2. The van der Waals surface area contributed by atoms with E-state index >= 15 is 0 Å². The molecule has 0 saturated heterocycles. The van der Waals surface area contributed by atoms with Gasteiger partial charge in [-0.2, -0.15) is 0 Å². The quantitative estimate of drug-likeness (QED) is 0.787. The molecule has 5 nitrogen and oxygen atoms in total. The second-order valence-corrected chi connectivity index (χ2v) is 6.35. The van der Waals surface area contributed by atoms with Crippen molar-refractivity contribution in [1.29, 1.82) is 0 Å². The van der Waals surface area contributed by atoms with Crippen molar-refractivity contribution in [3.05, 3.63) is 80.6 Å². The highest BCUT2D eigenvalue weighted by atomic mass is 16.2. The van der Waals surface area contributed by atoms with Crippen LogP contribution in [0, 0.1) is 0 Å². The lowest BCUT2D eigenvalue weighted by Crippen LogP contribution is -2.40. The lowest BCUT2D eigenvalue weighted by molar-refractivity contribution is 0.204.